The van der Waals surface area contributed by atoms with Gasteiger partial charge in [0.15, 0.2) is 0 Å². The summed E-state index contributed by atoms with van der Waals surface area (Å²) in [6, 6.07) is 9.99. The quantitative estimate of drug-likeness (QED) is 0.396. The maximum atomic E-state index is 11.8. The summed E-state index contributed by atoms with van der Waals surface area (Å²) in [7, 11) is 1.65. The third-order valence-corrected chi connectivity index (χ3v) is 7.55. The van der Waals surface area contributed by atoms with Gasteiger partial charge in [-0.2, -0.15) is 0 Å². The van der Waals surface area contributed by atoms with Gasteiger partial charge >= 0.3 is 5.97 Å². The monoisotopic (exact) mass is 538 g/mol. The Bertz CT molecular complexity index is 1270. The van der Waals surface area contributed by atoms with Crippen molar-refractivity contribution in [2.24, 2.45) is 0 Å². The Morgan fingerprint density at radius 2 is 1.74 bits per heavy atom. The first-order chi connectivity index (χ1) is 18.2. The number of aromatic carboxylic acids is 1. The molecule has 0 aliphatic carbocycles. The Hall–Kier alpha value is -3.36. The number of carbonyl (C=O) groups is 1. The minimum Gasteiger partial charge on any atom is -0.496 e. The summed E-state index contributed by atoms with van der Waals surface area (Å²) in [6.07, 6.45) is 2.60. The number of carboxylic acid groups (broad SMARTS) is 1. The van der Waals surface area contributed by atoms with Crippen LogP contribution >= 0.6 is 11.6 Å². The summed E-state index contributed by atoms with van der Waals surface area (Å²) in [5.41, 5.74) is 4.86. The zero-order chi connectivity index (χ0) is 27.2. The highest BCUT2D eigenvalue weighted by Gasteiger charge is 2.21. The predicted octanol–water partition coefficient (Wildman–Crippen LogP) is 4.75. The van der Waals surface area contributed by atoms with Crippen molar-refractivity contribution in [2.75, 3.05) is 51.3 Å². The number of hydrogen-bond acceptors (Lipinski definition) is 7. The lowest BCUT2D eigenvalue weighted by atomic mass is 10.0. The minimum atomic E-state index is -1.01. The van der Waals surface area contributed by atoms with Gasteiger partial charge in [0.1, 0.15) is 18.1 Å². The maximum absolute atomic E-state index is 11.8. The first kappa shape index (κ1) is 27.7. The normalized spacial score (nSPS) is 14.0. The lowest BCUT2D eigenvalue weighted by Gasteiger charge is -2.34. The number of aromatic nitrogens is 2. The molecule has 9 heteroatoms. The second-order valence-corrected chi connectivity index (χ2v) is 10.1. The Labute approximate surface area is 229 Å². The average Bonchev–Trinajstić information content (AvgIpc) is 2.91. The average molecular weight is 539 g/mol. The Morgan fingerprint density at radius 3 is 2.39 bits per heavy atom. The van der Waals surface area contributed by atoms with E-state index in [1.54, 1.807) is 7.11 Å². The van der Waals surface area contributed by atoms with E-state index in [9.17, 15) is 9.90 Å². The van der Waals surface area contributed by atoms with Crippen LogP contribution in [-0.4, -0.2) is 72.4 Å². The summed E-state index contributed by atoms with van der Waals surface area (Å²) in [4.78, 5) is 25.4. The second kappa shape index (κ2) is 12.5. The van der Waals surface area contributed by atoms with Crippen LogP contribution in [0.1, 0.15) is 38.3 Å². The lowest BCUT2D eigenvalue weighted by Crippen LogP contribution is -2.48. The molecule has 1 saturated heterocycles. The van der Waals surface area contributed by atoms with Crippen LogP contribution in [0.15, 0.2) is 36.5 Å². The first-order valence-corrected chi connectivity index (χ1v) is 13.2. The van der Waals surface area contributed by atoms with Crippen LogP contribution in [0.2, 0.25) is 5.02 Å². The molecule has 1 aliphatic rings. The highest BCUT2D eigenvalue weighted by molar-refractivity contribution is 6.32. The van der Waals surface area contributed by atoms with Crippen molar-refractivity contribution in [1.29, 1.82) is 0 Å². The summed E-state index contributed by atoms with van der Waals surface area (Å²) in [5, 5.41) is 10.5. The van der Waals surface area contributed by atoms with Crippen molar-refractivity contribution in [3.05, 3.63) is 75.1 Å². The molecule has 0 spiro atoms. The van der Waals surface area contributed by atoms with Crippen LogP contribution in [0, 0.1) is 20.8 Å². The van der Waals surface area contributed by atoms with Crippen molar-refractivity contribution >= 4 is 23.5 Å². The van der Waals surface area contributed by atoms with Crippen LogP contribution in [0.4, 0.5) is 5.95 Å². The van der Waals surface area contributed by atoms with E-state index >= 15 is 0 Å². The number of aryl methyl sites for hydroxylation is 5. The number of hydrogen-bond donors (Lipinski definition) is 1. The summed E-state index contributed by atoms with van der Waals surface area (Å²) in [6.45, 7) is 10.6. The van der Waals surface area contributed by atoms with Crippen LogP contribution in [0.3, 0.4) is 0 Å². The summed E-state index contributed by atoms with van der Waals surface area (Å²) < 4.78 is 11.4. The smallest absolute Gasteiger partial charge is 0.339 e. The number of methoxy groups -OCH3 is 1. The van der Waals surface area contributed by atoms with E-state index in [1.165, 1.54) is 6.20 Å². The molecule has 1 N–H and O–H groups in total. The highest BCUT2D eigenvalue weighted by atomic mass is 35.5. The van der Waals surface area contributed by atoms with Gasteiger partial charge in [-0.3, -0.25) is 4.90 Å². The Morgan fingerprint density at radius 1 is 1.03 bits per heavy atom. The van der Waals surface area contributed by atoms with Gasteiger partial charge in [0.2, 0.25) is 5.95 Å². The first-order valence-electron chi connectivity index (χ1n) is 12.8. The SMILES string of the molecule is COc1cc(CCc2nc(N3CCN(CCOc4cc(C)c(Cl)c(C)c4)CC3)ncc2C(=O)O)ccc1C. The molecular weight excluding hydrogens is 504 g/mol. The van der Waals surface area contributed by atoms with Gasteiger partial charge in [-0.25, -0.2) is 14.8 Å². The summed E-state index contributed by atoms with van der Waals surface area (Å²) in [5.74, 6) is 1.23. The molecule has 0 saturated carbocycles. The number of ether oxygens (including phenoxy) is 2. The fraction of sp³-hybridized carbons (Fsp3) is 0.414. The van der Waals surface area contributed by atoms with E-state index in [0.717, 1.165) is 71.5 Å². The van der Waals surface area contributed by atoms with E-state index in [0.29, 0.717) is 31.1 Å². The molecule has 3 aromatic rings. The number of nitrogens with zero attached hydrogens (tertiary/aromatic N) is 4. The van der Waals surface area contributed by atoms with Gasteiger partial charge in [0.05, 0.1) is 18.4 Å². The number of anilines is 1. The number of piperazine rings is 1. The lowest BCUT2D eigenvalue weighted by molar-refractivity contribution is 0.0694. The van der Waals surface area contributed by atoms with Crippen LogP contribution in [0.25, 0.3) is 0 Å². The Balaban J connectivity index is 1.33. The molecule has 4 rings (SSSR count). The van der Waals surface area contributed by atoms with Gasteiger partial charge in [-0.05, 0) is 74.1 Å². The van der Waals surface area contributed by atoms with Gasteiger partial charge in [0, 0.05) is 43.9 Å². The fourth-order valence-electron chi connectivity index (χ4n) is 4.66. The molecule has 0 atom stereocenters. The molecule has 202 valence electrons. The van der Waals surface area contributed by atoms with Crippen molar-refractivity contribution < 1.29 is 19.4 Å². The third-order valence-electron chi connectivity index (χ3n) is 6.95. The molecule has 1 aliphatic heterocycles. The zero-order valence-corrected chi connectivity index (χ0v) is 23.2. The maximum Gasteiger partial charge on any atom is 0.339 e. The molecular formula is C29H35ClN4O4. The third kappa shape index (κ3) is 6.74. The van der Waals surface area contributed by atoms with Gasteiger partial charge in [0.25, 0.3) is 0 Å². The highest BCUT2D eigenvalue weighted by Crippen LogP contribution is 2.26. The van der Waals surface area contributed by atoms with Crippen molar-refractivity contribution in [2.45, 2.75) is 33.6 Å². The molecule has 1 aromatic heterocycles. The standard InChI is InChI=1S/C29H35ClN4O4/c1-19-5-6-22(17-26(19)37-4)7-8-25-24(28(35)36)18-31-29(32-25)34-11-9-33(10-12-34)13-14-38-23-15-20(2)27(30)21(3)16-23/h5-6,15-18H,7-14H2,1-4H3,(H,35,36). The van der Waals surface area contributed by atoms with Crippen LogP contribution < -0.4 is 14.4 Å². The number of rotatable bonds is 10. The van der Waals surface area contributed by atoms with Gasteiger partial charge in [-0.1, -0.05) is 23.7 Å². The molecule has 2 aromatic carbocycles. The van der Waals surface area contributed by atoms with E-state index < -0.39 is 5.97 Å². The zero-order valence-electron chi connectivity index (χ0n) is 22.5. The van der Waals surface area contributed by atoms with E-state index in [2.05, 4.69) is 14.8 Å². The number of carboxylic acids is 1. The van der Waals surface area contributed by atoms with Crippen LogP contribution in [-0.2, 0) is 12.8 Å². The molecule has 0 radical (unpaired) electrons. The van der Waals surface area contributed by atoms with E-state index in [1.807, 2.05) is 51.1 Å². The molecule has 1 fully saturated rings. The topological polar surface area (TPSA) is 88.0 Å². The van der Waals surface area contributed by atoms with Gasteiger partial charge < -0.3 is 19.5 Å². The largest absolute Gasteiger partial charge is 0.496 e. The van der Waals surface area contributed by atoms with Gasteiger partial charge in [-0.15, -0.1) is 0 Å². The Kier molecular flexibility index (Phi) is 9.07. The van der Waals surface area contributed by atoms with E-state index in [4.69, 9.17) is 26.1 Å². The van der Waals surface area contributed by atoms with Crippen molar-refractivity contribution in [3.8, 4) is 11.5 Å². The molecule has 2 heterocycles. The molecule has 0 amide bonds. The van der Waals surface area contributed by atoms with Crippen molar-refractivity contribution in [3.63, 3.8) is 0 Å². The second-order valence-electron chi connectivity index (χ2n) is 9.69. The van der Waals surface area contributed by atoms with E-state index in [-0.39, 0.29) is 5.56 Å². The molecule has 0 bridgehead atoms. The molecule has 38 heavy (non-hydrogen) atoms. The minimum absolute atomic E-state index is 0.149. The molecule has 8 nitrogen and oxygen atoms in total. The summed E-state index contributed by atoms with van der Waals surface area (Å²) >= 11 is 6.25. The predicted molar refractivity (Wildman–Crippen MR) is 149 cm³/mol. The number of halogens is 1. The number of benzene rings is 2. The molecule has 0 unspecified atom stereocenters. The fourth-order valence-corrected chi connectivity index (χ4v) is 4.77. The van der Waals surface area contributed by atoms with Crippen LogP contribution in [0.5, 0.6) is 11.5 Å². The van der Waals surface area contributed by atoms with Crippen molar-refractivity contribution in [1.82, 2.24) is 14.9 Å².